The van der Waals surface area contributed by atoms with Gasteiger partial charge >= 0.3 is 0 Å². The lowest BCUT2D eigenvalue weighted by Crippen LogP contribution is -1.99. The third-order valence-corrected chi connectivity index (χ3v) is 6.14. The van der Waals surface area contributed by atoms with E-state index >= 15 is 0 Å². The van der Waals surface area contributed by atoms with E-state index in [1.54, 1.807) is 12.1 Å². The molecule has 0 atom stereocenters. The van der Waals surface area contributed by atoms with Gasteiger partial charge in [-0.3, -0.25) is 4.79 Å². The van der Waals surface area contributed by atoms with E-state index in [4.69, 9.17) is 10.7 Å². The molecule has 2 rings (SSSR count). The molecule has 0 aliphatic rings. The van der Waals surface area contributed by atoms with Crippen LogP contribution < -0.4 is 0 Å². The molecule has 0 saturated heterocycles. The molecule has 0 unspecified atom stereocenters. The second kappa shape index (κ2) is 5.75. The van der Waals surface area contributed by atoms with Gasteiger partial charge in [-0.05, 0) is 11.6 Å². The molecule has 0 spiro atoms. The Bertz CT molecular complexity index is 705. The fourth-order valence-corrected chi connectivity index (χ4v) is 3.80. The highest BCUT2D eigenvalue weighted by molar-refractivity contribution is 9.08. The molecule has 2 aromatic rings. The van der Waals surface area contributed by atoms with Crippen LogP contribution in [0.1, 0.15) is 21.5 Å². The molecule has 100 valence electrons. The number of halogens is 2. The molecule has 7 heteroatoms. The van der Waals surface area contributed by atoms with Crippen LogP contribution in [0.15, 0.2) is 39.9 Å². The molecule has 0 radical (unpaired) electrons. The summed E-state index contributed by atoms with van der Waals surface area (Å²) >= 11 is 4.26. The lowest BCUT2D eigenvalue weighted by atomic mass is 10.1. The molecule has 0 aliphatic carbocycles. The molecule has 0 N–H and O–H groups in total. The SMILES string of the molecule is O=C(c1ccc(CBr)cc1)c1csc(S(=O)(=O)Cl)c1. The van der Waals surface area contributed by atoms with Crippen LogP contribution in [-0.2, 0) is 14.4 Å². The van der Waals surface area contributed by atoms with Crippen molar-refractivity contribution in [3.05, 3.63) is 52.4 Å². The minimum absolute atomic E-state index is 0.0189. The third kappa shape index (κ3) is 3.45. The predicted molar refractivity (Wildman–Crippen MR) is 79.9 cm³/mol. The Morgan fingerprint density at radius 3 is 2.32 bits per heavy atom. The quantitative estimate of drug-likeness (QED) is 0.461. The molecule has 0 bridgehead atoms. The topological polar surface area (TPSA) is 51.2 Å². The molecule has 1 heterocycles. The van der Waals surface area contributed by atoms with Crippen LogP contribution in [0, 0.1) is 0 Å². The zero-order valence-corrected chi connectivity index (χ0v) is 13.4. The Morgan fingerprint density at radius 1 is 1.21 bits per heavy atom. The number of carbonyl (C=O) groups excluding carboxylic acids is 1. The van der Waals surface area contributed by atoms with Crippen LogP contribution in [0.4, 0.5) is 0 Å². The zero-order chi connectivity index (χ0) is 14.0. The summed E-state index contributed by atoms with van der Waals surface area (Å²) in [5.74, 6) is -0.219. The number of benzene rings is 1. The van der Waals surface area contributed by atoms with Gasteiger partial charge < -0.3 is 0 Å². The van der Waals surface area contributed by atoms with Gasteiger partial charge in [-0.15, -0.1) is 11.3 Å². The minimum Gasteiger partial charge on any atom is -0.289 e. The molecule has 0 saturated carbocycles. The predicted octanol–water partition coefficient (Wildman–Crippen LogP) is 3.80. The standard InChI is InChI=1S/C12H8BrClO3S2/c13-6-8-1-3-9(4-2-8)12(15)10-5-11(18-7-10)19(14,16)17/h1-5,7H,6H2. The number of carbonyl (C=O) groups is 1. The maximum absolute atomic E-state index is 12.1. The summed E-state index contributed by atoms with van der Waals surface area (Å²) in [6.07, 6.45) is 0. The fraction of sp³-hybridized carbons (Fsp3) is 0.0833. The van der Waals surface area contributed by atoms with E-state index in [9.17, 15) is 13.2 Å². The average molecular weight is 380 g/mol. The Kier molecular flexibility index (Phi) is 4.45. The molecule has 0 amide bonds. The van der Waals surface area contributed by atoms with E-state index in [1.807, 2.05) is 12.1 Å². The summed E-state index contributed by atoms with van der Waals surface area (Å²) in [5, 5.41) is 2.21. The number of thiophene rings is 1. The van der Waals surface area contributed by atoms with Crippen molar-refractivity contribution < 1.29 is 13.2 Å². The van der Waals surface area contributed by atoms with Crippen LogP contribution in [0.25, 0.3) is 0 Å². The van der Waals surface area contributed by atoms with Crippen LogP contribution in [-0.4, -0.2) is 14.2 Å². The van der Waals surface area contributed by atoms with Crippen molar-refractivity contribution in [1.29, 1.82) is 0 Å². The van der Waals surface area contributed by atoms with Gasteiger partial charge in [-0.2, -0.15) is 0 Å². The minimum atomic E-state index is -3.78. The Morgan fingerprint density at radius 2 is 1.84 bits per heavy atom. The van der Waals surface area contributed by atoms with Gasteiger partial charge in [0, 0.05) is 32.5 Å². The molecule has 0 fully saturated rings. The first-order valence-corrected chi connectivity index (χ1v) is 9.45. The van der Waals surface area contributed by atoms with E-state index in [0.717, 1.165) is 16.9 Å². The molecule has 3 nitrogen and oxygen atoms in total. The monoisotopic (exact) mass is 378 g/mol. The van der Waals surface area contributed by atoms with Crippen LogP contribution in [0.3, 0.4) is 0 Å². The molecular formula is C12H8BrClO3S2. The van der Waals surface area contributed by atoms with Gasteiger partial charge in [0.15, 0.2) is 5.78 Å². The van der Waals surface area contributed by atoms with Crippen molar-refractivity contribution in [2.75, 3.05) is 0 Å². The zero-order valence-electron chi connectivity index (χ0n) is 9.47. The van der Waals surface area contributed by atoms with Gasteiger partial charge in [0.25, 0.3) is 9.05 Å². The fourth-order valence-electron chi connectivity index (χ4n) is 1.48. The van der Waals surface area contributed by atoms with E-state index in [1.165, 1.54) is 11.4 Å². The van der Waals surface area contributed by atoms with Gasteiger partial charge in [-0.1, -0.05) is 40.2 Å². The van der Waals surface area contributed by atoms with Crippen LogP contribution >= 0.6 is 37.9 Å². The second-order valence-electron chi connectivity index (χ2n) is 3.75. The van der Waals surface area contributed by atoms with Crippen molar-refractivity contribution >= 4 is 52.8 Å². The van der Waals surface area contributed by atoms with Crippen molar-refractivity contribution in [3.8, 4) is 0 Å². The first-order valence-electron chi connectivity index (χ1n) is 5.14. The Hall–Kier alpha value is -0.690. The number of ketones is 1. The summed E-state index contributed by atoms with van der Waals surface area (Å²) in [7, 11) is 1.45. The Balaban J connectivity index is 2.31. The van der Waals surface area contributed by atoms with Crippen molar-refractivity contribution in [1.82, 2.24) is 0 Å². The molecule has 1 aromatic heterocycles. The number of rotatable bonds is 4. The highest BCUT2D eigenvalue weighted by Gasteiger charge is 2.17. The molecular weight excluding hydrogens is 372 g/mol. The summed E-state index contributed by atoms with van der Waals surface area (Å²) in [6.45, 7) is 0. The van der Waals surface area contributed by atoms with E-state index in [-0.39, 0.29) is 9.99 Å². The highest BCUT2D eigenvalue weighted by Crippen LogP contribution is 2.25. The van der Waals surface area contributed by atoms with E-state index < -0.39 is 9.05 Å². The normalized spacial score (nSPS) is 11.5. The second-order valence-corrected chi connectivity index (χ2v) is 8.02. The first kappa shape index (κ1) is 14.7. The van der Waals surface area contributed by atoms with Crippen molar-refractivity contribution in [2.24, 2.45) is 0 Å². The van der Waals surface area contributed by atoms with Crippen LogP contribution in [0.2, 0.25) is 0 Å². The van der Waals surface area contributed by atoms with E-state index in [0.29, 0.717) is 16.5 Å². The summed E-state index contributed by atoms with van der Waals surface area (Å²) in [6, 6.07) is 8.41. The van der Waals surface area contributed by atoms with Crippen LogP contribution in [0.5, 0.6) is 0 Å². The Labute approximate surface area is 127 Å². The largest absolute Gasteiger partial charge is 0.289 e. The summed E-state index contributed by atoms with van der Waals surface area (Å²) in [4.78, 5) is 12.1. The van der Waals surface area contributed by atoms with E-state index in [2.05, 4.69) is 15.9 Å². The lowest BCUT2D eigenvalue weighted by molar-refractivity contribution is 0.103. The van der Waals surface area contributed by atoms with Gasteiger partial charge in [0.1, 0.15) is 4.21 Å². The van der Waals surface area contributed by atoms with Crippen molar-refractivity contribution in [2.45, 2.75) is 9.54 Å². The number of hydrogen-bond donors (Lipinski definition) is 0. The molecule has 0 aliphatic heterocycles. The first-order chi connectivity index (χ1) is 8.91. The maximum atomic E-state index is 12.1. The summed E-state index contributed by atoms with van der Waals surface area (Å²) < 4.78 is 22.3. The van der Waals surface area contributed by atoms with Gasteiger partial charge in [0.05, 0.1) is 0 Å². The molecule has 19 heavy (non-hydrogen) atoms. The molecule has 1 aromatic carbocycles. The van der Waals surface area contributed by atoms with Gasteiger partial charge in [0.2, 0.25) is 0 Å². The third-order valence-electron chi connectivity index (χ3n) is 2.45. The lowest BCUT2D eigenvalue weighted by Gasteiger charge is -1.99. The van der Waals surface area contributed by atoms with Crippen molar-refractivity contribution in [3.63, 3.8) is 0 Å². The van der Waals surface area contributed by atoms with Gasteiger partial charge in [-0.25, -0.2) is 8.42 Å². The highest BCUT2D eigenvalue weighted by atomic mass is 79.9. The smallest absolute Gasteiger partial charge is 0.270 e. The number of alkyl halides is 1. The average Bonchev–Trinajstić information content (AvgIpc) is 2.87. The maximum Gasteiger partial charge on any atom is 0.270 e. The number of hydrogen-bond acceptors (Lipinski definition) is 4. The summed E-state index contributed by atoms with van der Waals surface area (Å²) in [5.41, 5.74) is 1.91.